The molecule has 0 bridgehead atoms. The van der Waals surface area contributed by atoms with Crippen molar-refractivity contribution in [2.24, 2.45) is 5.92 Å². The molecule has 0 radical (unpaired) electrons. The van der Waals surface area contributed by atoms with Crippen molar-refractivity contribution < 1.29 is 14.3 Å². The van der Waals surface area contributed by atoms with Gasteiger partial charge >= 0.3 is 0 Å². The second-order valence-corrected chi connectivity index (χ2v) is 5.08. The zero-order valence-corrected chi connectivity index (χ0v) is 11.5. The highest BCUT2D eigenvalue weighted by molar-refractivity contribution is 5.76. The van der Waals surface area contributed by atoms with Crippen LogP contribution in [0.5, 0.6) is 0 Å². The number of rotatable bonds is 7. The third kappa shape index (κ3) is 5.83. The van der Waals surface area contributed by atoms with Gasteiger partial charge in [0, 0.05) is 19.6 Å². The van der Waals surface area contributed by atoms with Gasteiger partial charge in [0.2, 0.25) is 5.91 Å². The van der Waals surface area contributed by atoms with E-state index in [4.69, 9.17) is 5.11 Å². The average molecular weight is 267 g/mol. The van der Waals surface area contributed by atoms with Gasteiger partial charge in [-0.2, -0.15) is 0 Å². The van der Waals surface area contributed by atoms with Crippen LogP contribution in [-0.4, -0.2) is 24.2 Å². The van der Waals surface area contributed by atoms with Gasteiger partial charge in [0.15, 0.2) is 0 Å². The Morgan fingerprint density at radius 2 is 2.16 bits per heavy atom. The molecule has 0 aromatic heterocycles. The molecule has 1 aromatic rings. The molecule has 3 nitrogen and oxygen atoms in total. The lowest BCUT2D eigenvalue weighted by atomic mass is 9.97. The summed E-state index contributed by atoms with van der Waals surface area (Å²) in [5.41, 5.74) is 0.832. The third-order valence-electron chi connectivity index (χ3n) is 3.18. The molecule has 1 amide bonds. The van der Waals surface area contributed by atoms with Crippen molar-refractivity contribution in [3.05, 3.63) is 35.6 Å². The van der Waals surface area contributed by atoms with E-state index in [1.807, 2.05) is 19.9 Å². The van der Waals surface area contributed by atoms with Crippen LogP contribution >= 0.6 is 0 Å². The van der Waals surface area contributed by atoms with Crippen LogP contribution in [0.25, 0.3) is 0 Å². The number of nitrogens with one attached hydrogen (secondary N) is 1. The molecular weight excluding hydrogens is 245 g/mol. The summed E-state index contributed by atoms with van der Waals surface area (Å²) in [5, 5.41) is 11.6. The molecule has 0 heterocycles. The van der Waals surface area contributed by atoms with E-state index >= 15 is 0 Å². The summed E-state index contributed by atoms with van der Waals surface area (Å²) in [6.07, 6.45) is 1.02. The van der Waals surface area contributed by atoms with Crippen molar-refractivity contribution in [3.8, 4) is 0 Å². The summed E-state index contributed by atoms with van der Waals surface area (Å²) < 4.78 is 13.1. The van der Waals surface area contributed by atoms with Gasteiger partial charge in [-0.3, -0.25) is 4.79 Å². The zero-order chi connectivity index (χ0) is 14.3. The molecule has 0 aliphatic heterocycles. The molecule has 0 spiro atoms. The van der Waals surface area contributed by atoms with Crippen LogP contribution in [0.3, 0.4) is 0 Å². The van der Waals surface area contributed by atoms with E-state index in [-0.39, 0.29) is 30.2 Å². The number of hydrogen-bond donors (Lipinski definition) is 2. The molecule has 4 heteroatoms. The van der Waals surface area contributed by atoms with Crippen LogP contribution in [0, 0.1) is 11.7 Å². The minimum atomic E-state index is -0.277. The van der Waals surface area contributed by atoms with Gasteiger partial charge < -0.3 is 10.4 Å². The molecule has 2 atom stereocenters. The maximum atomic E-state index is 13.1. The van der Waals surface area contributed by atoms with E-state index in [1.54, 1.807) is 6.07 Å². The molecule has 1 aromatic carbocycles. The molecule has 0 aliphatic carbocycles. The van der Waals surface area contributed by atoms with Crippen LogP contribution in [-0.2, 0) is 4.79 Å². The van der Waals surface area contributed by atoms with E-state index in [1.165, 1.54) is 12.1 Å². The highest BCUT2D eigenvalue weighted by Gasteiger charge is 2.12. The minimum absolute atomic E-state index is 0.0103. The first kappa shape index (κ1) is 15.6. The fourth-order valence-corrected chi connectivity index (χ4v) is 1.89. The Morgan fingerprint density at radius 1 is 1.42 bits per heavy atom. The molecular formula is C15H22FNO2. The Balaban J connectivity index is 2.40. The Morgan fingerprint density at radius 3 is 2.79 bits per heavy atom. The van der Waals surface area contributed by atoms with Crippen LogP contribution in [0.2, 0.25) is 0 Å². The predicted octanol–water partition coefficient (Wildman–Crippen LogP) is 2.45. The first-order chi connectivity index (χ1) is 9.02. The fraction of sp³-hybridized carbons (Fsp3) is 0.533. The number of halogens is 1. The van der Waals surface area contributed by atoms with Crippen molar-refractivity contribution >= 4 is 5.91 Å². The average Bonchev–Trinajstić information content (AvgIpc) is 2.36. The fourth-order valence-electron chi connectivity index (χ4n) is 1.89. The summed E-state index contributed by atoms with van der Waals surface area (Å²) in [6, 6.07) is 6.34. The van der Waals surface area contributed by atoms with Gasteiger partial charge in [0.25, 0.3) is 0 Å². The van der Waals surface area contributed by atoms with Crippen LogP contribution in [0.15, 0.2) is 24.3 Å². The predicted molar refractivity (Wildman–Crippen MR) is 73.3 cm³/mol. The second-order valence-electron chi connectivity index (χ2n) is 5.08. The van der Waals surface area contributed by atoms with E-state index in [0.29, 0.717) is 19.4 Å². The lowest BCUT2D eigenvalue weighted by molar-refractivity contribution is -0.121. The topological polar surface area (TPSA) is 49.3 Å². The molecule has 106 valence electrons. The molecule has 0 aliphatic rings. The van der Waals surface area contributed by atoms with E-state index in [2.05, 4.69) is 5.32 Å². The van der Waals surface area contributed by atoms with Crippen molar-refractivity contribution in [2.75, 3.05) is 13.2 Å². The summed E-state index contributed by atoms with van der Waals surface area (Å²) in [4.78, 5) is 11.8. The van der Waals surface area contributed by atoms with Gasteiger partial charge in [-0.25, -0.2) is 4.39 Å². The number of hydrogen-bond acceptors (Lipinski definition) is 2. The first-order valence-corrected chi connectivity index (χ1v) is 6.66. The lowest BCUT2D eigenvalue weighted by Gasteiger charge is -2.14. The minimum Gasteiger partial charge on any atom is -0.396 e. The Labute approximate surface area is 113 Å². The van der Waals surface area contributed by atoms with E-state index in [9.17, 15) is 9.18 Å². The Hall–Kier alpha value is -1.42. The Bertz CT molecular complexity index is 409. The van der Waals surface area contributed by atoms with Gasteiger partial charge in [0.05, 0.1) is 0 Å². The normalized spacial score (nSPS) is 13.9. The Kier molecular flexibility index (Phi) is 6.50. The highest BCUT2D eigenvalue weighted by Crippen LogP contribution is 2.19. The van der Waals surface area contributed by atoms with E-state index < -0.39 is 0 Å². The van der Waals surface area contributed by atoms with Crippen molar-refractivity contribution in [1.29, 1.82) is 0 Å². The van der Waals surface area contributed by atoms with Gasteiger partial charge in [-0.05, 0) is 36.0 Å². The first-order valence-electron chi connectivity index (χ1n) is 6.66. The maximum absolute atomic E-state index is 13.1. The quantitative estimate of drug-likeness (QED) is 0.797. The standard InChI is InChI=1S/C15H22FNO2/c1-11(6-7-18)10-17-15(19)8-12(2)13-4-3-5-14(16)9-13/h3-5,9,11-12,18H,6-8,10H2,1-2H3,(H,17,19). The highest BCUT2D eigenvalue weighted by atomic mass is 19.1. The maximum Gasteiger partial charge on any atom is 0.220 e. The van der Waals surface area contributed by atoms with Crippen molar-refractivity contribution in [1.82, 2.24) is 5.32 Å². The SMILES string of the molecule is CC(CCO)CNC(=O)CC(C)c1cccc(F)c1. The van der Waals surface area contributed by atoms with Crippen molar-refractivity contribution in [3.63, 3.8) is 0 Å². The zero-order valence-electron chi connectivity index (χ0n) is 11.5. The molecule has 0 saturated carbocycles. The number of benzene rings is 1. The molecule has 0 fully saturated rings. The summed E-state index contributed by atoms with van der Waals surface area (Å²) in [7, 11) is 0. The summed E-state index contributed by atoms with van der Waals surface area (Å²) >= 11 is 0. The lowest BCUT2D eigenvalue weighted by Crippen LogP contribution is -2.29. The number of carbonyl (C=O) groups is 1. The summed E-state index contributed by atoms with van der Waals surface area (Å²) in [6.45, 7) is 4.59. The summed E-state index contributed by atoms with van der Waals surface area (Å²) in [5.74, 6) is -0.0647. The smallest absolute Gasteiger partial charge is 0.220 e. The number of carbonyl (C=O) groups excluding carboxylic acids is 1. The van der Waals surface area contributed by atoms with Gasteiger partial charge in [0.1, 0.15) is 5.82 Å². The molecule has 1 rings (SSSR count). The number of amides is 1. The molecule has 2 unspecified atom stereocenters. The molecule has 2 N–H and O–H groups in total. The van der Waals surface area contributed by atoms with E-state index in [0.717, 1.165) is 5.56 Å². The van der Waals surface area contributed by atoms with Crippen LogP contribution in [0.1, 0.15) is 38.2 Å². The molecule has 19 heavy (non-hydrogen) atoms. The monoisotopic (exact) mass is 267 g/mol. The number of aliphatic hydroxyl groups excluding tert-OH is 1. The second kappa shape index (κ2) is 7.89. The third-order valence-corrected chi connectivity index (χ3v) is 3.18. The van der Waals surface area contributed by atoms with Crippen molar-refractivity contribution in [2.45, 2.75) is 32.6 Å². The van der Waals surface area contributed by atoms with Crippen LogP contribution < -0.4 is 5.32 Å². The largest absolute Gasteiger partial charge is 0.396 e. The van der Waals surface area contributed by atoms with Crippen LogP contribution in [0.4, 0.5) is 4.39 Å². The molecule has 0 saturated heterocycles. The van der Waals surface area contributed by atoms with Gasteiger partial charge in [-0.1, -0.05) is 26.0 Å². The van der Waals surface area contributed by atoms with Gasteiger partial charge in [-0.15, -0.1) is 0 Å². The number of aliphatic hydroxyl groups is 1.